The fraction of sp³-hybridized carbons (Fsp3) is 0.300. The Hall–Kier alpha value is -2.38. The molecule has 2 aromatic carbocycles. The molecule has 0 unspecified atom stereocenters. The first kappa shape index (κ1) is 20.9. The smallest absolute Gasteiger partial charge is 0.338 e. The molecule has 2 aromatic rings. The summed E-state index contributed by atoms with van der Waals surface area (Å²) in [6.45, 7) is 3.08. The van der Waals surface area contributed by atoms with Crippen LogP contribution < -0.4 is 10.1 Å². The van der Waals surface area contributed by atoms with Crippen molar-refractivity contribution in [1.82, 2.24) is 0 Å². The van der Waals surface area contributed by atoms with Gasteiger partial charge in [0, 0.05) is 17.3 Å². The van der Waals surface area contributed by atoms with Crippen molar-refractivity contribution in [2.24, 2.45) is 0 Å². The molecule has 0 saturated carbocycles. The van der Waals surface area contributed by atoms with Crippen molar-refractivity contribution in [3.8, 4) is 5.75 Å². The zero-order valence-electron chi connectivity index (χ0n) is 15.3. The summed E-state index contributed by atoms with van der Waals surface area (Å²) in [6, 6.07) is 11.8. The van der Waals surface area contributed by atoms with E-state index >= 15 is 0 Å². The predicted molar refractivity (Wildman–Crippen MR) is 106 cm³/mol. The molecule has 1 N–H and O–H groups in total. The lowest BCUT2D eigenvalue weighted by Gasteiger charge is -2.12. The molecule has 6 nitrogen and oxygen atoms in total. The largest absolute Gasteiger partial charge is 0.490 e. The van der Waals surface area contributed by atoms with Crippen molar-refractivity contribution >= 4 is 33.5 Å². The van der Waals surface area contributed by atoms with Crippen molar-refractivity contribution in [3.63, 3.8) is 0 Å². The monoisotopic (exact) mass is 435 g/mol. The third-order valence-electron chi connectivity index (χ3n) is 3.55. The molecule has 0 heterocycles. The Morgan fingerprint density at radius 1 is 1.04 bits per heavy atom. The fourth-order valence-corrected chi connectivity index (χ4v) is 2.57. The van der Waals surface area contributed by atoms with E-state index in [0.717, 1.165) is 10.9 Å². The number of carbonyl (C=O) groups is 2. The molecule has 0 spiro atoms. The lowest BCUT2D eigenvalue weighted by molar-refractivity contribution is 0.0505. The second-order valence-corrected chi connectivity index (χ2v) is 6.56. The molecule has 0 bridgehead atoms. The third kappa shape index (κ3) is 6.37. The highest BCUT2D eigenvalue weighted by Gasteiger charge is 2.14. The number of halogens is 1. The van der Waals surface area contributed by atoms with Crippen molar-refractivity contribution in [2.75, 3.05) is 32.2 Å². The SMILES string of the molecule is CCCOC(=O)c1ccc(NC(=O)c2cc(Br)ccc2OCCOC)cc1. The number of carbonyl (C=O) groups excluding carboxylic acids is 2. The van der Waals surface area contributed by atoms with E-state index in [1.807, 2.05) is 6.92 Å². The Morgan fingerprint density at radius 2 is 1.78 bits per heavy atom. The highest BCUT2D eigenvalue weighted by atomic mass is 79.9. The van der Waals surface area contributed by atoms with Crippen LogP contribution in [0.1, 0.15) is 34.1 Å². The summed E-state index contributed by atoms with van der Waals surface area (Å²) >= 11 is 3.37. The normalized spacial score (nSPS) is 10.3. The summed E-state index contributed by atoms with van der Waals surface area (Å²) in [5.41, 5.74) is 1.40. The van der Waals surface area contributed by atoms with Crippen LogP contribution in [0.5, 0.6) is 5.75 Å². The maximum absolute atomic E-state index is 12.6. The minimum Gasteiger partial charge on any atom is -0.490 e. The van der Waals surface area contributed by atoms with E-state index in [4.69, 9.17) is 14.2 Å². The Labute approximate surface area is 166 Å². The van der Waals surface area contributed by atoms with E-state index in [2.05, 4.69) is 21.2 Å². The van der Waals surface area contributed by atoms with Crippen LogP contribution in [-0.2, 0) is 9.47 Å². The Kier molecular flexibility index (Phi) is 8.29. The van der Waals surface area contributed by atoms with Gasteiger partial charge in [0.1, 0.15) is 12.4 Å². The summed E-state index contributed by atoms with van der Waals surface area (Å²) in [5.74, 6) is -0.229. The van der Waals surface area contributed by atoms with Gasteiger partial charge >= 0.3 is 5.97 Å². The summed E-state index contributed by atoms with van der Waals surface area (Å²) in [4.78, 5) is 24.5. The molecular weight excluding hydrogens is 414 g/mol. The first-order chi connectivity index (χ1) is 13.0. The van der Waals surface area contributed by atoms with E-state index in [-0.39, 0.29) is 11.9 Å². The molecule has 7 heteroatoms. The van der Waals surface area contributed by atoms with E-state index in [9.17, 15) is 9.59 Å². The Morgan fingerprint density at radius 3 is 2.44 bits per heavy atom. The van der Waals surface area contributed by atoms with Crippen LogP contribution in [0.4, 0.5) is 5.69 Å². The van der Waals surface area contributed by atoms with E-state index in [1.54, 1.807) is 49.6 Å². The number of hydrogen-bond acceptors (Lipinski definition) is 5. The van der Waals surface area contributed by atoms with Crippen LogP contribution in [0.3, 0.4) is 0 Å². The molecular formula is C20H22BrNO5. The summed E-state index contributed by atoms with van der Waals surface area (Å²) < 4.78 is 16.4. The molecule has 0 radical (unpaired) electrons. The minimum atomic E-state index is -0.379. The van der Waals surface area contributed by atoms with Gasteiger partial charge in [0.25, 0.3) is 5.91 Å². The minimum absolute atomic E-state index is 0.315. The molecule has 27 heavy (non-hydrogen) atoms. The zero-order valence-corrected chi connectivity index (χ0v) is 16.9. The number of methoxy groups -OCH3 is 1. The van der Waals surface area contributed by atoms with E-state index in [0.29, 0.717) is 42.4 Å². The number of hydrogen-bond donors (Lipinski definition) is 1. The standard InChI is InChI=1S/C20H22BrNO5/c1-3-10-27-20(24)14-4-7-16(8-5-14)22-19(23)17-13-15(21)6-9-18(17)26-12-11-25-2/h4-9,13H,3,10-12H2,1-2H3,(H,22,23). The van der Waals surface area contributed by atoms with Crippen LogP contribution >= 0.6 is 15.9 Å². The van der Waals surface area contributed by atoms with Crippen LogP contribution in [0.25, 0.3) is 0 Å². The van der Waals surface area contributed by atoms with Gasteiger partial charge < -0.3 is 19.5 Å². The number of rotatable bonds is 9. The lowest BCUT2D eigenvalue weighted by atomic mass is 10.1. The van der Waals surface area contributed by atoms with Crippen LogP contribution in [-0.4, -0.2) is 38.8 Å². The Balaban J connectivity index is 2.08. The topological polar surface area (TPSA) is 73.9 Å². The number of esters is 1. The average Bonchev–Trinajstić information content (AvgIpc) is 2.67. The van der Waals surface area contributed by atoms with E-state index in [1.165, 1.54) is 0 Å². The second kappa shape index (κ2) is 10.7. The van der Waals surface area contributed by atoms with Gasteiger partial charge in [-0.25, -0.2) is 4.79 Å². The van der Waals surface area contributed by atoms with Crippen molar-refractivity contribution in [3.05, 3.63) is 58.1 Å². The highest BCUT2D eigenvalue weighted by Crippen LogP contribution is 2.24. The number of amides is 1. The molecule has 0 fully saturated rings. The van der Waals surface area contributed by atoms with Gasteiger partial charge in [-0.2, -0.15) is 0 Å². The number of nitrogens with one attached hydrogen (secondary N) is 1. The first-order valence-corrected chi connectivity index (χ1v) is 9.34. The first-order valence-electron chi connectivity index (χ1n) is 8.55. The van der Waals surface area contributed by atoms with Gasteiger partial charge in [-0.05, 0) is 48.9 Å². The molecule has 0 atom stereocenters. The molecule has 1 amide bonds. The van der Waals surface area contributed by atoms with Gasteiger partial charge in [-0.3, -0.25) is 4.79 Å². The summed E-state index contributed by atoms with van der Waals surface area (Å²) in [5, 5.41) is 2.80. The van der Waals surface area contributed by atoms with Crippen molar-refractivity contribution in [2.45, 2.75) is 13.3 Å². The number of anilines is 1. The summed E-state index contributed by atoms with van der Waals surface area (Å²) in [7, 11) is 1.58. The average molecular weight is 436 g/mol. The maximum atomic E-state index is 12.6. The molecule has 0 aliphatic carbocycles. The molecule has 144 valence electrons. The third-order valence-corrected chi connectivity index (χ3v) is 4.04. The van der Waals surface area contributed by atoms with Gasteiger partial charge in [0.05, 0.1) is 24.3 Å². The number of benzene rings is 2. The second-order valence-electron chi connectivity index (χ2n) is 5.65. The van der Waals surface area contributed by atoms with Gasteiger partial charge in [-0.1, -0.05) is 22.9 Å². The predicted octanol–water partition coefficient (Wildman–Crippen LogP) is 4.29. The van der Waals surface area contributed by atoms with Crippen molar-refractivity contribution in [1.29, 1.82) is 0 Å². The number of ether oxygens (including phenoxy) is 3. The van der Waals surface area contributed by atoms with Gasteiger partial charge in [-0.15, -0.1) is 0 Å². The highest BCUT2D eigenvalue weighted by molar-refractivity contribution is 9.10. The molecule has 0 aliphatic heterocycles. The van der Waals surface area contributed by atoms with E-state index < -0.39 is 0 Å². The molecule has 0 aromatic heterocycles. The van der Waals surface area contributed by atoms with Crippen molar-refractivity contribution < 1.29 is 23.8 Å². The van der Waals surface area contributed by atoms with Gasteiger partial charge in [0.2, 0.25) is 0 Å². The fourth-order valence-electron chi connectivity index (χ4n) is 2.21. The van der Waals surface area contributed by atoms with Gasteiger partial charge in [0.15, 0.2) is 0 Å². The zero-order chi connectivity index (χ0) is 19.6. The molecule has 2 rings (SSSR count). The van der Waals surface area contributed by atoms with Crippen LogP contribution in [0.15, 0.2) is 46.9 Å². The van der Waals surface area contributed by atoms with Crippen LogP contribution in [0.2, 0.25) is 0 Å². The van der Waals surface area contributed by atoms with Crippen LogP contribution in [0, 0.1) is 0 Å². The summed E-state index contributed by atoms with van der Waals surface area (Å²) in [6.07, 6.45) is 0.765. The Bertz CT molecular complexity index is 776. The molecule has 0 aliphatic rings. The lowest BCUT2D eigenvalue weighted by Crippen LogP contribution is -2.15. The molecule has 0 saturated heterocycles. The maximum Gasteiger partial charge on any atom is 0.338 e. The quantitative estimate of drug-likeness (QED) is 0.469.